The van der Waals surface area contributed by atoms with Crippen LogP contribution in [0, 0.1) is 0 Å². The first-order chi connectivity index (χ1) is 6.81. The molecule has 0 aliphatic heterocycles. The van der Waals surface area contributed by atoms with Crippen LogP contribution in [0.3, 0.4) is 0 Å². The molecule has 0 fully saturated rings. The van der Waals surface area contributed by atoms with Crippen molar-refractivity contribution in [3.05, 3.63) is 0 Å². The first-order valence-corrected chi connectivity index (χ1v) is 5.43. The molecule has 1 amide bonds. The highest BCUT2D eigenvalue weighted by Crippen LogP contribution is 2.12. The molecule has 0 aliphatic carbocycles. The van der Waals surface area contributed by atoms with Gasteiger partial charge in [0, 0.05) is 13.7 Å². The van der Waals surface area contributed by atoms with Crippen LogP contribution in [-0.4, -0.2) is 30.7 Å². The van der Waals surface area contributed by atoms with Crippen LogP contribution >= 0.6 is 0 Å². The van der Waals surface area contributed by atoms with Gasteiger partial charge in [0.05, 0.1) is 11.1 Å². The van der Waals surface area contributed by atoms with Crippen LogP contribution in [0.25, 0.3) is 0 Å². The van der Waals surface area contributed by atoms with E-state index in [4.69, 9.17) is 10.5 Å². The third-order valence-corrected chi connectivity index (χ3v) is 2.94. The number of amides is 1. The van der Waals surface area contributed by atoms with Crippen LogP contribution < -0.4 is 11.1 Å². The Morgan fingerprint density at radius 1 is 1.33 bits per heavy atom. The van der Waals surface area contributed by atoms with Crippen molar-refractivity contribution < 1.29 is 9.53 Å². The Balaban J connectivity index is 4.26. The summed E-state index contributed by atoms with van der Waals surface area (Å²) < 4.78 is 5.21. The molecule has 0 radical (unpaired) electrons. The smallest absolute Gasteiger partial charge is 0.240 e. The Morgan fingerprint density at radius 3 is 2.13 bits per heavy atom. The summed E-state index contributed by atoms with van der Waals surface area (Å²) in [5.41, 5.74) is 4.86. The van der Waals surface area contributed by atoms with E-state index in [9.17, 15) is 4.79 Å². The van der Waals surface area contributed by atoms with Crippen LogP contribution in [0.5, 0.6) is 0 Å². The minimum absolute atomic E-state index is 0.0994. The van der Waals surface area contributed by atoms with Crippen molar-refractivity contribution in [1.82, 2.24) is 5.32 Å². The molecule has 90 valence electrons. The largest absolute Gasteiger partial charge is 0.377 e. The summed E-state index contributed by atoms with van der Waals surface area (Å²) in [5.74, 6) is -0.0994. The number of hydrogen-bond donors (Lipinski definition) is 2. The number of carbonyl (C=O) groups excluding carboxylic acids is 1. The van der Waals surface area contributed by atoms with Gasteiger partial charge in [-0.1, -0.05) is 13.8 Å². The van der Waals surface area contributed by atoms with Gasteiger partial charge in [-0.05, 0) is 26.7 Å². The molecule has 0 aliphatic rings. The summed E-state index contributed by atoms with van der Waals surface area (Å²) >= 11 is 0. The number of ether oxygens (including phenoxy) is 1. The molecule has 3 N–H and O–H groups in total. The summed E-state index contributed by atoms with van der Waals surface area (Å²) in [4.78, 5) is 11.8. The molecular formula is C11H24N2O2. The fraction of sp³-hybridized carbons (Fsp3) is 0.909. The first kappa shape index (κ1) is 14.4. The normalized spacial score (nSPS) is 12.7. The number of rotatable bonds is 6. The van der Waals surface area contributed by atoms with Crippen molar-refractivity contribution in [3.63, 3.8) is 0 Å². The second-order valence-corrected chi connectivity index (χ2v) is 4.51. The zero-order chi connectivity index (χ0) is 12.1. The van der Waals surface area contributed by atoms with Crippen molar-refractivity contribution in [2.45, 2.75) is 51.7 Å². The molecule has 0 spiro atoms. The second kappa shape index (κ2) is 5.47. The lowest BCUT2D eigenvalue weighted by Gasteiger charge is -2.29. The lowest BCUT2D eigenvalue weighted by Crippen LogP contribution is -2.55. The lowest BCUT2D eigenvalue weighted by molar-refractivity contribution is -0.127. The van der Waals surface area contributed by atoms with Crippen LogP contribution in [0.2, 0.25) is 0 Å². The Hall–Kier alpha value is -0.610. The van der Waals surface area contributed by atoms with Gasteiger partial charge < -0.3 is 15.8 Å². The predicted molar refractivity (Wildman–Crippen MR) is 61.6 cm³/mol. The average molecular weight is 216 g/mol. The number of methoxy groups -OCH3 is 1. The average Bonchev–Trinajstić information content (AvgIpc) is 2.24. The first-order valence-electron chi connectivity index (χ1n) is 5.43. The summed E-state index contributed by atoms with van der Waals surface area (Å²) in [6, 6.07) is 0. The summed E-state index contributed by atoms with van der Waals surface area (Å²) in [6.45, 7) is 8.16. The molecule has 0 atom stereocenters. The van der Waals surface area contributed by atoms with Gasteiger partial charge in [0.25, 0.3) is 0 Å². The predicted octanol–water partition coefficient (Wildman–Crippen LogP) is 1.05. The van der Waals surface area contributed by atoms with Gasteiger partial charge in [-0.15, -0.1) is 0 Å². The Bertz CT molecular complexity index is 211. The number of carbonyl (C=O) groups is 1. The fourth-order valence-electron chi connectivity index (χ4n) is 1.11. The standard InChI is InChI=1S/C11H24N2O2/c1-6-11(12,7-2)9(14)13-8-10(3,4)15-5/h6-8,12H2,1-5H3,(H,13,14). The lowest BCUT2D eigenvalue weighted by atomic mass is 9.93. The molecule has 0 heterocycles. The van der Waals surface area contributed by atoms with E-state index >= 15 is 0 Å². The summed E-state index contributed by atoms with van der Waals surface area (Å²) in [7, 11) is 1.63. The van der Waals surface area contributed by atoms with E-state index in [2.05, 4.69) is 5.32 Å². The molecule has 0 saturated heterocycles. The molecule has 0 aromatic rings. The van der Waals surface area contributed by atoms with E-state index in [1.807, 2.05) is 27.7 Å². The minimum atomic E-state index is -0.746. The monoisotopic (exact) mass is 216 g/mol. The Labute approximate surface area is 92.6 Å². The molecule has 0 unspecified atom stereocenters. The maximum atomic E-state index is 11.8. The topological polar surface area (TPSA) is 64.4 Å². The maximum absolute atomic E-state index is 11.8. The fourth-order valence-corrected chi connectivity index (χ4v) is 1.11. The molecule has 0 saturated carbocycles. The third kappa shape index (κ3) is 4.18. The second-order valence-electron chi connectivity index (χ2n) is 4.51. The van der Waals surface area contributed by atoms with E-state index in [-0.39, 0.29) is 11.5 Å². The minimum Gasteiger partial charge on any atom is -0.377 e. The highest BCUT2D eigenvalue weighted by atomic mass is 16.5. The van der Waals surface area contributed by atoms with E-state index in [1.165, 1.54) is 0 Å². The van der Waals surface area contributed by atoms with Crippen molar-refractivity contribution in [3.8, 4) is 0 Å². The highest BCUT2D eigenvalue weighted by Gasteiger charge is 2.30. The van der Waals surface area contributed by atoms with Crippen LogP contribution in [0.1, 0.15) is 40.5 Å². The Morgan fingerprint density at radius 2 is 1.80 bits per heavy atom. The van der Waals surface area contributed by atoms with Crippen LogP contribution in [-0.2, 0) is 9.53 Å². The van der Waals surface area contributed by atoms with Gasteiger partial charge in [-0.25, -0.2) is 0 Å². The molecule has 0 bridgehead atoms. The molecule has 15 heavy (non-hydrogen) atoms. The molecule has 0 rings (SSSR count). The molecule has 0 aromatic heterocycles. The molecular weight excluding hydrogens is 192 g/mol. The van der Waals surface area contributed by atoms with E-state index in [0.717, 1.165) is 0 Å². The zero-order valence-electron chi connectivity index (χ0n) is 10.5. The van der Waals surface area contributed by atoms with Crippen molar-refractivity contribution in [1.29, 1.82) is 0 Å². The quantitative estimate of drug-likeness (QED) is 0.697. The number of nitrogens with one attached hydrogen (secondary N) is 1. The third-order valence-electron chi connectivity index (χ3n) is 2.94. The van der Waals surface area contributed by atoms with Crippen LogP contribution in [0.4, 0.5) is 0 Å². The maximum Gasteiger partial charge on any atom is 0.240 e. The SMILES string of the molecule is CCC(N)(CC)C(=O)NCC(C)(C)OC. The van der Waals surface area contributed by atoms with Gasteiger partial charge in [0.1, 0.15) is 0 Å². The molecule has 4 heteroatoms. The zero-order valence-corrected chi connectivity index (χ0v) is 10.5. The van der Waals surface area contributed by atoms with E-state index in [0.29, 0.717) is 19.4 Å². The van der Waals surface area contributed by atoms with Crippen LogP contribution in [0.15, 0.2) is 0 Å². The van der Waals surface area contributed by atoms with Crippen molar-refractivity contribution in [2.75, 3.05) is 13.7 Å². The molecule has 0 aromatic carbocycles. The molecule has 4 nitrogen and oxygen atoms in total. The number of nitrogens with two attached hydrogens (primary N) is 1. The van der Waals surface area contributed by atoms with E-state index in [1.54, 1.807) is 7.11 Å². The Kier molecular flexibility index (Phi) is 5.24. The van der Waals surface area contributed by atoms with Gasteiger partial charge in [0.15, 0.2) is 0 Å². The van der Waals surface area contributed by atoms with Gasteiger partial charge in [-0.3, -0.25) is 4.79 Å². The van der Waals surface area contributed by atoms with Gasteiger partial charge in [0.2, 0.25) is 5.91 Å². The summed E-state index contributed by atoms with van der Waals surface area (Å²) in [6.07, 6.45) is 1.28. The van der Waals surface area contributed by atoms with E-state index < -0.39 is 5.54 Å². The van der Waals surface area contributed by atoms with Crippen molar-refractivity contribution in [2.24, 2.45) is 5.73 Å². The van der Waals surface area contributed by atoms with Crippen molar-refractivity contribution >= 4 is 5.91 Å². The van der Waals surface area contributed by atoms with Gasteiger partial charge >= 0.3 is 0 Å². The number of hydrogen-bond acceptors (Lipinski definition) is 3. The highest BCUT2D eigenvalue weighted by molar-refractivity contribution is 5.85. The summed E-state index contributed by atoms with van der Waals surface area (Å²) in [5, 5.41) is 2.83. The van der Waals surface area contributed by atoms with Gasteiger partial charge in [-0.2, -0.15) is 0 Å².